The minimum atomic E-state index is -1.05. The summed E-state index contributed by atoms with van der Waals surface area (Å²) < 4.78 is 24.2. The first-order valence-electron chi connectivity index (χ1n) is 12.0. The number of ether oxygens (including phenoxy) is 4. The first kappa shape index (κ1) is 26.4. The van der Waals surface area contributed by atoms with Crippen LogP contribution in [0, 0.1) is 6.92 Å². The highest BCUT2D eigenvalue weighted by molar-refractivity contribution is 7.99. The third-order valence-corrected chi connectivity index (χ3v) is 7.07. The molecule has 0 bridgehead atoms. The van der Waals surface area contributed by atoms with Gasteiger partial charge in [0.2, 0.25) is 0 Å². The Labute approximate surface area is 216 Å². The Bertz CT molecular complexity index is 1080. The molecule has 0 amide bonds. The van der Waals surface area contributed by atoms with Crippen LogP contribution in [0.25, 0.3) is 0 Å². The van der Waals surface area contributed by atoms with Crippen molar-refractivity contribution in [1.82, 2.24) is 0 Å². The van der Waals surface area contributed by atoms with Crippen LogP contribution in [0.3, 0.4) is 0 Å². The van der Waals surface area contributed by atoms with Gasteiger partial charge in [-0.1, -0.05) is 90.1 Å². The summed E-state index contributed by atoms with van der Waals surface area (Å²) in [5, 5.41) is 11.3. The van der Waals surface area contributed by atoms with Gasteiger partial charge in [0, 0.05) is 11.8 Å². The molecule has 1 fully saturated rings. The van der Waals surface area contributed by atoms with Crippen molar-refractivity contribution in [2.75, 3.05) is 6.61 Å². The number of carbonyl (C=O) groups excluding carboxylic acids is 1. The SMILES string of the molecule is CC(=O)OC[C@H]1O[C@@H](Sc2ccc(C)cc2)[C@H](OCc2ccccc2)[C@@H](OCc2ccccc2)[C@H]1O. The molecule has 0 spiro atoms. The molecule has 3 aromatic carbocycles. The zero-order valence-electron chi connectivity index (χ0n) is 20.5. The minimum Gasteiger partial charge on any atom is -0.463 e. The Morgan fingerprint density at radius 3 is 1.97 bits per heavy atom. The lowest BCUT2D eigenvalue weighted by atomic mass is 9.99. The second-order valence-corrected chi connectivity index (χ2v) is 9.96. The van der Waals surface area contributed by atoms with Gasteiger partial charge in [-0.3, -0.25) is 4.79 Å². The predicted octanol–water partition coefficient (Wildman–Crippen LogP) is 4.91. The van der Waals surface area contributed by atoms with Gasteiger partial charge in [0.05, 0.1) is 13.2 Å². The first-order chi connectivity index (χ1) is 17.5. The minimum absolute atomic E-state index is 0.0714. The lowest BCUT2D eigenvalue weighted by molar-refractivity contribution is -0.239. The van der Waals surface area contributed by atoms with E-state index in [0.717, 1.165) is 21.6 Å². The number of aliphatic hydroxyl groups excluding tert-OH is 1. The lowest BCUT2D eigenvalue weighted by Gasteiger charge is -2.44. The lowest BCUT2D eigenvalue weighted by Crippen LogP contribution is -2.59. The van der Waals surface area contributed by atoms with Crippen LogP contribution in [0.5, 0.6) is 0 Å². The van der Waals surface area contributed by atoms with E-state index < -0.39 is 35.8 Å². The van der Waals surface area contributed by atoms with Crippen LogP contribution < -0.4 is 0 Å². The highest BCUT2D eigenvalue weighted by atomic mass is 32.2. The summed E-state index contributed by atoms with van der Waals surface area (Å²) in [7, 11) is 0. The Kier molecular flexibility index (Phi) is 9.55. The standard InChI is InChI=1S/C29H32O6S/c1-20-13-15-24(16-14-20)36-29-28(34-18-23-11-7-4-8-12-23)27(33-17-22-9-5-3-6-10-22)26(31)25(35-29)19-32-21(2)30/h3-16,25-29,31H,17-19H2,1-2H3/t25-,26+,27+,28-,29+/m1/s1. The van der Waals surface area contributed by atoms with Gasteiger partial charge in [0.1, 0.15) is 36.5 Å². The molecule has 0 saturated carbocycles. The van der Waals surface area contributed by atoms with Crippen LogP contribution in [0.2, 0.25) is 0 Å². The summed E-state index contributed by atoms with van der Waals surface area (Å²) >= 11 is 1.50. The number of hydrogen-bond acceptors (Lipinski definition) is 7. The fourth-order valence-electron chi connectivity index (χ4n) is 3.97. The molecule has 5 atom stereocenters. The van der Waals surface area contributed by atoms with E-state index in [9.17, 15) is 9.90 Å². The van der Waals surface area contributed by atoms with E-state index >= 15 is 0 Å². The molecule has 1 heterocycles. The maximum atomic E-state index is 11.5. The topological polar surface area (TPSA) is 74.2 Å². The number of aryl methyl sites for hydroxylation is 1. The Morgan fingerprint density at radius 1 is 0.861 bits per heavy atom. The van der Waals surface area contributed by atoms with Crippen LogP contribution in [-0.2, 0) is 37.0 Å². The first-order valence-corrected chi connectivity index (χ1v) is 12.9. The average molecular weight is 509 g/mol. The van der Waals surface area contributed by atoms with Crippen LogP contribution in [-0.4, -0.2) is 47.5 Å². The van der Waals surface area contributed by atoms with Crippen molar-refractivity contribution >= 4 is 17.7 Å². The number of benzene rings is 3. The monoisotopic (exact) mass is 508 g/mol. The summed E-state index contributed by atoms with van der Waals surface area (Å²) in [5.41, 5.74) is 2.65. The fraction of sp³-hybridized carbons (Fsp3) is 0.345. The summed E-state index contributed by atoms with van der Waals surface area (Å²) in [6.45, 7) is 3.94. The number of thioether (sulfide) groups is 1. The third kappa shape index (κ3) is 7.41. The van der Waals surface area contributed by atoms with Crippen molar-refractivity contribution in [3.05, 3.63) is 102 Å². The molecular formula is C29H32O6S. The molecule has 4 rings (SSSR count). The molecule has 1 aliphatic rings. The van der Waals surface area contributed by atoms with E-state index in [0.29, 0.717) is 13.2 Å². The van der Waals surface area contributed by atoms with Crippen molar-refractivity contribution in [3.8, 4) is 0 Å². The molecule has 1 N–H and O–H groups in total. The zero-order chi connectivity index (χ0) is 25.3. The third-order valence-electron chi connectivity index (χ3n) is 5.91. The molecule has 7 heteroatoms. The molecule has 6 nitrogen and oxygen atoms in total. The fourth-order valence-corrected chi connectivity index (χ4v) is 5.10. The Morgan fingerprint density at radius 2 is 1.42 bits per heavy atom. The molecular weight excluding hydrogens is 476 g/mol. The van der Waals surface area contributed by atoms with Crippen LogP contribution in [0.1, 0.15) is 23.6 Å². The molecule has 0 aromatic heterocycles. The maximum absolute atomic E-state index is 11.5. The Balaban J connectivity index is 1.59. The normalized spacial score (nSPS) is 23.8. The van der Waals surface area contributed by atoms with E-state index in [4.69, 9.17) is 18.9 Å². The highest BCUT2D eigenvalue weighted by Crippen LogP contribution is 2.37. The average Bonchev–Trinajstić information content (AvgIpc) is 2.89. The molecule has 1 aliphatic heterocycles. The van der Waals surface area contributed by atoms with Crippen molar-refractivity contribution in [2.24, 2.45) is 0 Å². The van der Waals surface area contributed by atoms with Crippen molar-refractivity contribution in [1.29, 1.82) is 0 Å². The Hall–Kier alpha value is -2.68. The largest absolute Gasteiger partial charge is 0.463 e. The number of rotatable bonds is 10. The molecule has 0 radical (unpaired) electrons. The van der Waals surface area contributed by atoms with E-state index in [1.165, 1.54) is 18.7 Å². The van der Waals surface area contributed by atoms with Gasteiger partial charge < -0.3 is 24.1 Å². The summed E-state index contributed by atoms with van der Waals surface area (Å²) in [5.74, 6) is -0.433. The summed E-state index contributed by atoms with van der Waals surface area (Å²) in [4.78, 5) is 12.5. The zero-order valence-corrected chi connectivity index (χ0v) is 21.3. The summed E-state index contributed by atoms with van der Waals surface area (Å²) in [6, 6.07) is 27.8. The van der Waals surface area contributed by atoms with Crippen LogP contribution in [0.4, 0.5) is 0 Å². The number of esters is 1. The van der Waals surface area contributed by atoms with Gasteiger partial charge in [-0.25, -0.2) is 0 Å². The number of hydrogen-bond donors (Lipinski definition) is 1. The van der Waals surface area contributed by atoms with Gasteiger partial charge in [0.15, 0.2) is 0 Å². The van der Waals surface area contributed by atoms with E-state index in [1.54, 1.807) is 0 Å². The van der Waals surface area contributed by atoms with Gasteiger partial charge in [-0.05, 0) is 30.2 Å². The molecule has 0 aliphatic carbocycles. The van der Waals surface area contributed by atoms with Gasteiger partial charge in [0.25, 0.3) is 0 Å². The van der Waals surface area contributed by atoms with Gasteiger partial charge in [-0.15, -0.1) is 0 Å². The van der Waals surface area contributed by atoms with E-state index in [2.05, 4.69) is 0 Å². The number of carbonyl (C=O) groups is 1. The van der Waals surface area contributed by atoms with E-state index in [-0.39, 0.29) is 6.61 Å². The molecule has 3 aromatic rings. The van der Waals surface area contributed by atoms with Gasteiger partial charge in [-0.2, -0.15) is 0 Å². The smallest absolute Gasteiger partial charge is 0.302 e. The second kappa shape index (κ2) is 13.0. The molecule has 36 heavy (non-hydrogen) atoms. The quantitative estimate of drug-likeness (QED) is 0.390. The molecule has 190 valence electrons. The predicted molar refractivity (Wildman–Crippen MR) is 138 cm³/mol. The molecule has 0 unspecified atom stereocenters. The van der Waals surface area contributed by atoms with E-state index in [1.807, 2.05) is 91.9 Å². The van der Waals surface area contributed by atoms with Crippen LogP contribution in [0.15, 0.2) is 89.8 Å². The van der Waals surface area contributed by atoms with Crippen LogP contribution >= 0.6 is 11.8 Å². The second-order valence-electron chi connectivity index (χ2n) is 8.79. The highest BCUT2D eigenvalue weighted by Gasteiger charge is 2.47. The maximum Gasteiger partial charge on any atom is 0.302 e. The van der Waals surface area contributed by atoms with Crippen molar-refractivity contribution in [2.45, 2.75) is 61.8 Å². The van der Waals surface area contributed by atoms with Crippen molar-refractivity contribution in [3.63, 3.8) is 0 Å². The van der Waals surface area contributed by atoms with Crippen molar-refractivity contribution < 1.29 is 28.8 Å². The summed E-state index contributed by atoms with van der Waals surface area (Å²) in [6.07, 6.45) is -3.09. The van der Waals surface area contributed by atoms with Gasteiger partial charge >= 0.3 is 5.97 Å². The molecule has 1 saturated heterocycles. The number of aliphatic hydroxyl groups is 1.